The highest BCUT2D eigenvalue weighted by molar-refractivity contribution is 6.10. The third kappa shape index (κ3) is 6.16. The van der Waals surface area contributed by atoms with Crippen molar-refractivity contribution in [2.75, 3.05) is 0 Å². The van der Waals surface area contributed by atoms with Crippen LogP contribution in [-0.4, -0.2) is 19.5 Å². The normalized spacial score (nSPS) is 17.6. The smallest absolute Gasteiger partial charge is 0.164 e. The second-order valence-electron chi connectivity index (χ2n) is 11.8. The molecule has 0 fully saturated rings. The lowest BCUT2D eigenvalue weighted by molar-refractivity contribution is 1.07. The van der Waals surface area contributed by atoms with E-state index < -0.39 is 224 Å². The number of fused-ring (bicyclic) bond motifs is 3. The number of benzene rings is 8. The summed E-state index contributed by atoms with van der Waals surface area (Å²) in [4.78, 5) is 13.5. The molecule has 4 heteroatoms. The Bertz CT molecular complexity index is 4290. The molecule has 2 aromatic heterocycles. The van der Waals surface area contributed by atoms with Gasteiger partial charge in [-0.15, -0.1) is 0 Å². The van der Waals surface area contributed by atoms with E-state index in [4.69, 9.17) is 21.9 Å². The van der Waals surface area contributed by atoms with Gasteiger partial charge in [-0.1, -0.05) is 163 Å². The van der Waals surface area contributed by atoms with Crippen molar-refractivity contribution in [1.82, 2.24) is 19.5 Å². The van der Waals surface area contributed by atoms with E-state index in [1.165, 1.54) is 0 Å². The largest absolute Gasteiger partial charge is 0.309 e. The molecule has 258 valence electrons. The first kappa shape index (κ1) is 15.5. The first-order valence-corrected chi connectivity index (χ1v) is 16.5. The van der Waals surface area contributed by atoms with Gasteiger partial charge in [-0.25, -0.2) is 15.0 Å². The lowest BCUT2D eigenvalue weighted by Crippen LogP contribution is -2.00. The molecule has 0 saturated heterocycles. The molecule has 0 saturated carbocycles. The Labute approximate surface area is 354 Å². The Morgan fingerprint density at radius 2 is 0.782 bits per heavy atom. The van der Waals surface area contributed by atoms with Crippen LogP contribution in [-0.2, 0) is 0 Å². The van der Waals surface area contributed by atoms with Crippen LogP contribution in [0.4, 0.5) is 0 Å². The molecule has 0 unspecified atom stereocenters. The third-order valence-corrected chi connectivity index (χ3v) is 8.45. The molecular formula is C51H34N4. The lowest BCUT2D eigenvalue weighted by Gasteiger charge is -2.11. The van der Waals surface area contributed by atoms with Gasteiger partial charge in [0, 0.05) is 33.2 Å². The quantitative estimate of drug-likeness (QED) is 0.164. The predicted molar refractivity (Wildman–Crippen MR) is 227 cm³/mol. The van der Waals surface area contributed by atoms with Gasteiger partial charge in [0.15, 0.2) is 17.5 Å². The molecule has 0 atom stereocenters. The summed E-state index contributed by atoms with van der Waals surface area (Å²) in [5.41, 5.74) is -4.06. The Balaban J connectivity index is 1.27. The topological polar surface area (TPSA) is 43.6 Å². The summed E-state index contributed by atoms with van der Waals surface area (Å²) in [5, 5.41) is -1.04. The highest BCUT2D eigenvalue weighted by Crippen LogP contribution is 2.36. The van der Waals surface area contributed by atoms with Gasteiger partial charge in [-0.05, 0) is 75.7 Å². The van der Waals surface area contributed by atoms with Crippen molar-refractivity contribution in [3.05, 3.63) is 206 Å². The van der Waals surface area contributed by atoms with Gasteiger partial charge in [0.1, 0.15) is 0 Å². The molecule has 0 radical (unpaired) electrons. The summed E-state index contributed by atoms with van der Waals surface area (Å²) in [6.07, 6.45) is 0. The monoisotopic (exact) mass is 727 g/mol. The summed E-state index contributed by atoms with van der Waals surface area (Å²) in [5.74, 6) is -1.50. The molecule has 55 heavy (non-hydrogen) atoms. The standard InChI is InChI=1S/C51H34N4/c1-4-12-35(13-5-1)38-20-24-40(25-21-38)49-52-50(41-26-22-39(23-27-41)36-14-6-2-7-15-36)54-51(53-49)42-28-31-44(32-29-42)55-47-19-11-10-18-45(47)46-34-43(30-33-48(46)55)37-16-8-3-9-17-37/h1-34H/i1D,3D,4D,5D,8D,9D,10D,11D,12D,13D,16D,17D,18D,19D,20D,21D,24D,25D,28D,29D,30D,31D,32D,33D,34D. The highest BCUT2D eigenvalue weighted by atomic mass is 15.0. The van der Waals surface area contributed by atoms with Crippen LogP contribution < -0.4 is 0 Å². The average molecular weight is 728 g/mol. The Hall–Kier alpha value is -7.43. The maximum atomic E-state index is 9.58. The van der Waals surface area contributed by atoms with Crippen molar-refractivity contribution < 1.29 is 34.3 Å². The molecule has 10 aromatic rings. The summed E-state index contributed by atoms with van der Waals surface area (Å²) in [6, 6.07) is -5.68. The van der Waals surface area contributed by atoms with Crippen LogP contribution in [0.15, 0.2) is 206 Å². The van der Waals surface area contributed by atoms with Gasteiger partial charge in [0.2, 0.25) is 0 Å². The number of nitrogens with zero attached hydrogens (tertiary/aromatic N) is 4. The van der Waals surface area contributed by atoms with Crippen molar-refractivity contribution in [2.45, 2.75) is 0 Å². The van der Waals surface area contributed by atoms with Gasteiger partial charge in [0.05, 0.1) is 45.3 Å². The van der Waals surface area contributed by atoms with Crippen molar-refractivity contribution in [1.29, 1.82) is 0 Å². The van der Waals surface area contributed by atoms with Crippen LogP contribution in [0, 0.1) is 0 Å². The second-order valence-corrected chi connectivity index (χ2v) is 11.8. The second kappa shape index (κ2) is 13.8. The maximum Gasteiger partial charge on any atom is 0.164 e. The zero-order chi connectivity index (χ0) is 58.3. The van der Waals surface area contributed by atoms with Crippen molar-refractivity contribution >= 4 is 21.8 Å². The molecule has 0 bridgehead atoms. The van der Waals surface area contributed by atoms with Gasteiger partial charge in [0.25, 0.3) is 0 Å². The molecule has 4 nitrogen and oxygen atoms in total. The van der Waals surface area contributed by atoms with Gasteiger partial charge < -0.3 is 4.57 Å². The van der Waals surface area contributed by atoms with E-state index in [1.54, 1.807) is 24.3 Å². The Morgan fingerprint density at radius 3 is 1.44 bits per heavy atom. The van der Waals surface area contributed by atoms with Crippen LogP contribution in [0.3, 0.4) is 0 Å². The van der Waals surface area contributed by atoms with Gasteiger partial charge in [-0.3, -0.25) is 0 Å². The van der Waals surface area contributed by atoms with Gasteiger partial charge >= 0.3 is 0 Å². The number of rotatable bonds is 7. The molecule has 0 amide bonds. The summed E-state index contributed by atoms with van der Waals surface area (Å²) in [7, 11) is 0. The Kier molecular flexibility index (Phi) is 3.90. The first-order chi connectivity index (χ1) is 37.7. The zero-order valence-corrected chi connectivity index (χ0v) is 28.0. The van der Waals surface area contributed by atoms with Crippen LogP contribution >= 0.6 is 0 Å². The molecule has 0 N–H and O–H groups in total. The molecular weight excluding hydrogens is 669 g/mol. The number of hydrogen-bond acceptors (Lipinski definition) is 3. The minimum atomic E-state index is -0.970. The number of para-hydroxylation sites is 1. The van der Waals surface area contributed by atoms with E-state index in [9.17, 15) is 12.3 Å². The fraction of sp³-hybridized carbons (Fsp3) is 0. The van der Waals surface area contributed by atoms with E-state index in [0.717, 1.165) is 15.7 Å². The summed E-state index contributed by atoms with van der Waals surface area (Å²) in [6.45, 7) is 0. The lowest BCUT2D eigenvalue weighted by atomic mass is 10.0. The molecule has 0 aliphatic carbocycles. The average Bonchev–Trinajstić information content (AvgIpc) is 3.81. The third-order valence-electron chi connectivity index (χ3n) is 8.45. The van der Waals surface area contributed by atoms with E-state index in [-0.39, 0.29) is 11.4 Å². The minimum Gasteiger partial charge on any atom is -0.309 e. The molecule has 10 rings (SSSR count). The summed E-state index contributed by atoms with van der Waals surface area (Å²) >= 11 is 0. The first-order valence-electron chi connectivity index (χ1n) is 29.0. The van der Waals surface area contributed by atoms with Crippen LogP contribution in [0.2, 0.25) is 0 Å². The van der Waals surface area contributed by atoms with Crippen LogP contribution in [0.25, 0.3) is 95.0 Å². The fourth-order valence-corrected chi connectivity index (χ4v) is 5.86. The zero-order valence-electron chi connectivity index (χ0n) is 53.0. The number of aromatic nitrogens is 4. The minimum absolute atomic E-state index is 0.232. The molecule has 2 heterocycles. The van der Waals surface area contributed by atoms with Crippen molar-refractivity contribution in [2.24, 2.45) is 0 Å². The molecule has 0 spiro atoms. The van der Waals surface area contributed by atoms with Crippen LogP contribution in [0.5, 0.6) is 0 Å². The van der Waals surface area contributed by atoms with E-state index >= 15 is 0 Å². The maximum absolute atomic E-state index is 9.58. The van der Waals surface area contributed by atoms with Crippen molar-refractivity contribution in [3.8, 4) is 73.2 Å². The van der Waals surface area contributed by atoms with Gasteiger partial charge in [-0.2, -0.15) is 0 Å². The SMILES string of the molecule is [2H]c1c([2H])c([2H])c(-c2c([2H])c([2H])c(-c3nc(-c4ccc(-c5ccccc5)cc4)nc(-c4c([2H])c([2H])c(-n5c6c([2H])c([2H])c([2H])c([2H])c6c6c([2H])c(-c7c([2H])c([2H])c([2H])c([2H])c7[2H])c([2H])c([2H])c65)c([2H])c4[2H])n3)c([2H])c2[2H])c([2H])c1[2H]. The summed E-state index contributed by atoms with van der Waals surface area (Å²) < 4.78 is 223. The van der Waals surface area contributed by atoms with Crippen LogP contribution in [0.1, 0.15) is 34.3 Å². The molecule has 8 aromatic carbocycles. The highest BCUT2D eigenvalue weighted by Gasteiger charge is 2.16. The van der Waals surface area contributed by atoms with E-state index in [0.29, 0.717) is 0 Å². The Morgan fingerprint density at radius 1 is 0.327 bits per heavy atom. The molecule has 0 aliphatic rings. The molecule has 0 aliphatic heterocycles. The van der Waals surface area contributed by atoms with E-state index in [2.05, 4.69) is 15.0 Å². The van der Waals surface area contributed by atoms with E-state index in [1.807, 2.05) is 30.3 Å². The van der Waals surface area contributed by atoms with Crippen molar-refractivity contribution in [3.63, 3.8) is 0 Å². The fourth-order valence-electron chi connectivity index (χ4n) is 5.86. The number of hydrogen-bond donors (Lipinski definition) is 0. The predicted octanol–water partition coefficient (Wildman–Crippen LogP) is 13.0.